The topological polar surface area (TPSA) is 96.5 Å². The Labute approximate surface area is 115 Å². The zero-order valence-corrected chi connectivity index (χ0v) is 11.7. The van der Waals surface area contributed by atoms with Crippen LogP contribution in [-0.4, -0.2) is 40.0 Å². The molecule has 1 aromatic heterocycles. The Kier molecular flexibility index (Phi) is 3.60. The molecule has 104 valence electrons. The Bertz CT molecular complexity index is 514. The first-order valence-corrected chi connectivity index (χ1v) is 6.95. The van der Waals surface area contributed by atoms with Crippen LogP contribution in [0.15, 0.2) is 5.38 Å². The molecular formula is C12H17N3O3S. The van der Waals surface area contributed by atoms with Gasteiger partial charge < -0.3 is 15.7 Å². The maximum Gasteiger partial charge on any atom is 0.311 e. The Morgan fingerprint density at radius 2 is 2.32 bits per heavy atom. The predicted octanol–water partition coefficient (Wildman–Crippen LogP) is 1.10. The van der Waals surface area contributed by atoms with Crippen LogP contribution in [0.4, 0.5) is 0 Å². The van der Waals surface area contributed by atoms with Crippen LogP contribution in [-0.2, 0) is 4.79 Å². The zero-order chi connectivity index (χ0) is 14.2. The van der Waals surface area contributed by atoms with Crippen LogP contribution in [0.2, 0.25) is 0 Å². The number of amides is 1. The maximum atomic E-state index is 12.2. The summed E-state index contributed by atoms with van der Waals surface area (Å²) in [5, 5.41) is 11.5. The zero-order valence-electron chi connectivity index (χ0n) is 10.9. The summed E-state index contributed by atoms with van der Waals surface area (Å²) in [6.07, 6.45) is 0.471. The number of nitrogens with two attached hydrogens (primary N) is 1. The quantitative estimate of drug-likeness (QED) is 0.866. The number of nitrogens with zero attached hydrogens (tertiary/aromatic N) is 2. The summed E-state index contributed by atoms with van der Waals surface area (Å²) in [6.45, 7) is 4.15. The van der Waals surface area contributed by atoms with Crippen molar-refractivity contribution in [1.29, 1.82) is 0 Å². The molecule has 0 aliphatic carbocycles. The van der Waals surface area contributed by atoms with E-state index < -0.39 is 11.4 Å². The van der Waals surface area contributed by atoms with E-state index in [1.165, 1.54) is 11.3 Å². The normalized spacial score (nSPS) is 24.5. The lowest BCUT2D eigenvalue weighted by Gasteiger charge is -2.19. The molecule has 0 saturated carbocycles. The number of carboxylic acid groups (broad SMARTS) is 1. The van der Waals surface area contributed by atoms with Crippen molar-refractivity contribution in [3.8, 4) is 0 Å². The van der Waals surface area contributed by atoms with E-state index in [0.29, 0.717) is 23.7 Å². The minimum absolute atomic E-state index is 0.200. The summed E-state index contributed by atoms with van der Waals surface area (Å²) in [5.74, 6) is -1.08. The smallest absolute Gasteiger partial charge is 0.311 e. The number of carbonyl (C=O) groups is 2. The highest BCUT2D eigenvalue weighted by Crippen LogP contribution is 2.31. The molecule has 1 aliphatic rings. The molecule has 0 spiro atoms. The third-order valence-corrected chi connectivity index (χ3v) is 4.45. The third-order valence-electron chi connectivity index (χ3n) is 3.41. The monoisotopic (exact) mass is 283 g/mol. The molecule has 3 N–H and O–H groups in total. The number of likely N-dealkylation sites (tertiary alicyclic amines) is 1. The molecular weight excluding hydrogens is 266 g/mol. The number of aromatic nitrogens is 1. The largest absolute Gasteiger partial charge is 0.481 e. The number of rotatable bonds is 3. The average Bonchev–Trinajstić information content (AvgIpc) is 2.95. The van der Waals surface area contributed by atoms with Gasteiger partial charge in [-0.05, 0) is 20.3 Å². The highest BCUT2D eigenvalue weighted by Gasteiger charge is 2.42. The molecule has 2 atom stereocenters. The predicted molar refractivity (Wildman–Crippen MR) is 71.0 cm³/mol. The molecule has 1 fully saturated rings. The second-order valence-corrected chi connectivity index (χ2v) is 6.09. The second kappa shape index (κ2) is 4.90. The minimum atomic E-state index is -0.864. The first-order valence-electron chi connectivity index (χ1n) is 6.07. The number of carbonyl (C=O) groups excluding carboxylic acids is 1. The van der Waals surface area contributed by atoms with E-state index in [1.54, 1.807) is 17.2 Å². The highest BCUT2D eigenvalue weighted by molar-refractivity contribution is 7.09. The van der Waals surface area contributed by atoms with Crippen LogP contribution in [0.5, 0.6) is 0 Å². The molecule has 19 heavy (non-hydrogen) atoms. The minimum Gasteiger partial charge on any atom is -0.481 e. The number of carboxylic acids is 1. The summed E-state index contributed by atoms with van der Waals surface area (Å²) >= 11 is 1.35. The maximum absolute atomic E-state index is 12.2. The lowest BCUT2D eigenvalue weighted by Crippen LogP contribution is -2.35. The van der Waals surface area contributed by atoms with Crippen LogP contribution >= 0.6 is 11.3 Å². The molecule has 7 heteroatoms. The van der Waals surface area contributed by atoms with Gasteiger partial charge in [-0.1, -0.05) is 0 Å². The van der Waals surface area contributed by atoms with Gasteiger partial charge in [-0.15, -0.1) is 11.3 Å². The Morgan fingerprint density at radius 3 is 2.79 bits per heavy atom. The SMILES string of the molecule is CC(N)c1nc(C(=O)N2CCC(C)(C(=O)O)C2)cs1. The molecule has 2 rings (SSSR count). The molecule has 1 amide bonds. The molecule has 1 aliphatic heterocycles. The van der Waals surface area contributed by atoms with Crippen LogP contribution < -0.4 is 5.73 Å². The third kappa shape index (κ3) is 2.62. The second-order valence-electron chi connectivity index (χ2n) is 5.20. The number of aliphatic carboxylic acids is 1. The molecule has 0 radical (unpaired) electrons. The van der Waals surface area contributed by atoms with Gasteiger partial charge in [0, 0.05) is 18.5 Å². The molecule has 0 aromatic carbocycles. The van der Waals surface area contributed by atoms with Crippen molar-refractivity contribution in [3.63, 3.8) is 0 Å². The lowest BCUT2D eigenvalue weighted by molar-refractivity contribution is -0.147. The van der Waals surface area contributed by atoms with Crippen molar-refractivity contribution in [3.05, 3.63) is 16.1 Å². The van der Waals surface area contributed by atoms with Crippen molar-refractivity contribution >= 4 is 23.2 Å². The van der Waals surface area contributed by atoms with Gasteiger partial charge >= 0.3 is 5.97 Å². The fourth-order valence-electron chi connectivity index (χ4n) is 2.07. The van der Waals surface area contributed by atoms with Crippen LogP contribution in [0, 0.1) is 5.41 Å². The molecule has 6 nitrogen and oxygen atoms in total. The van der Waals surface area contributed by atoms with Crippen LogP contribution in [0.1, 0.15) is 41.8 Å². The number of hydrogen-bond donors (Lipinski definition) is 2. The van der Waals surface area contributed by atoms with Crippen molar-refractivity contribution in [1.82, 2.24) is 9.88 Å². The van der Waals surface area contributed by atoms with E-state index in [9.17, 15) is 9.59 Å². The van der Waals surface area contributed by atoms with E-state index in [0.717, 1.165) is 0 Å². The van der Waals surface area contributed by atoms with Gasteiger partial charge in [0.05, 0.1) is 11.5 Å². The Morgan fingerprint density at radius 1 is 1.63 bits per heavy atom. The molecule has 2 heterocycles. The van der Waals surface area contributed by atoms with Gasteiger partial charge in [0.2, 0.25) is 0 Å². The summed E-state index contributed by atoms with van der Waals surface area (Å²) in [6, 6.07) is -0.200. The van der Waals surface area contributed by atoms with Crippen LogP contribution in [0.25, 0.3) is 0 Å². The van der Waals surface area contributed by atoms with E-state index >= 15 is 0 Å². The van der Waals surface area contributed by atoms with E-state index in [1.807, 2.05) is 6.92 Å². The van der Waals surface area contributed by atoms with Crippen molar-refractivity contribution in [2.24, 2.45) is 11.1 Å². The summed E-state index contributed by atoms with van der Waals surface area (Å²) in [4.78, 5) is 29.1. The van der Waals surface area contributed by atoms with E-state index in [-0.39, 0.29) is 18.5 Å². The van der Waals surface area contributed by atoms with Crippen LogP contribution in [0.3, 0.4) is 0 Å². The summed E-state index contributed by atoms with van der Waals surface area (Å²) in [5.41, 5.74) is 5.21. The first-order chi connectivity index (χ1) is 8.83. The summed E-state index contributed by atoms with van der Waals surface area (Å²) < 4.78 is 0. The lowest BCUT2D eigenvalue weighted by atomic mass is 9.90. The Balaban J connectivity index is 2.11. The summed E-state index contributed by atoms with van der Waals surface area (Å²) in [7, 11) is 0. The molecule has 1 saturated heterocycles. The molecule has 2 unspecified atom stereocenters. The van der Waals surface area contributed by atoms with Gasteiger partial charge in [-0.3, -0.25) is 9.59 Å². The fourth-order valence-corrected chi connectivity index (χ4v) is 2.82. The highest BCUT2D eigenvalue weighted by atomic mass is 32.1. The van der Waals surface area contributed by atoms with Gasteiger partial charge in [-0.2, -0.15) is 0 Å². The van der Waals surface area contributed by atoms with Crippen molar-refractivity contribution in [2.75, 3.05) is 13.1 Å². The Hall–Kier alpha value is -1.47. The molecule has 0 bridgehead atoms. The van der Waals surface area contributed by atoms with Gasteiger partial charge in [0.15, 0.2) is 0 Å². The van der Waals surface area contributed by atoms with Gasteiger partial charge in [-0.25, -0.2) is 4.98 Å². The number of hydrogen-bond acceptors (Lipinski definition) is 5. The fraction of sp³-hybridized carbons (Fsp3) is 0.583. The van der Waals surface area contributed by atoms with Crippen molar-refractivity contribution in [2.45, 2.75) is 26.3 Å². The number of thiazole rings is 1. The van der Waals surface area contributed by atoms with E-state index in [2.05, 4.69) is 4.98 Å². The standard InChI is InChI=1S/C12H17N3O3S/c1-7(13)9-14-8(5-19-9)10(16)15-4-3-12(2,6-15)11(17)18/h5,7H,3-4,6,13H2,1-2H3,(H,17,18). The van der Waals surface area contributed by atoms with Crippen molar-refractivity contribution < 1.29 is 14.7 Å². The van der Waals surface area contributed by atoms with Gasteiger partial charge in [0.1, 0.15) is 10.7 Å². The first kappa shape index (κ1) is 14.0. The van der Waals surface area contributed by atoms with E-state index in [4.69, 9.17) is 10.8 Å². The molecule has 1 aromatic rings. The van der Waals surface area contributed by atoms with Gasteiger partial charge in [0.25, 0.3) is 5.91 Å². The average molecular weight is 283 g/mol.